The van der Waals surface area contributed by atoms with Gasteiger partial charge in [0.15, 0.2) is 11.5 Å². The Balaban J connectivity index is 1.46. The lowest BCUT2D eigenvalue weighted by Gasteiger charge is -2.14. The van der Waals surface area contributed by atoms with Crippen molar-refractivity contribution in [2.75, 3.05) is 26.1 Å². The zero-order valence-electron chi connectivity index (χ0n) is 19.8. The van der Waals surface area contributed by atoms with E-state index in [4.69, 9.17) is 26.8 Å². The molecule has 2 aromatic carbocycles. The summed E-state index contributed by atoms with van der Waals surface area (Å²) in [4.78, 5) is 38.2. The topological polar surface area (TPSA) is 125 Å². The van der Waals surface area contributed by atoms with Crippen LogP contribution >= 0.6 is 24.0 Å². The van der Waals surface area contributed by atoms with Crippen LogP contribution < -0.4 is 14.8 Å². The molecule has 0 saturated carbocycles. The molecule has 1 fully saturated rings. The van der Waals surface area contributed by atoms with Gasteiger partial charge in [-0.1, -0.05) is 36.5 Å². The van der Waals surface area contributed by atoms with Crippen LogP contribution in [0, 0.1) is 0 Å². The smallest absolute Gasteiger partial charge is 0.339 e. The summed E-state index contributed by atoms with van der Waals surface area (Å²) >= 11 is 6.64. The molecule has 2 aromatic rings. The minimum Gasteiger partial charge on any atom is -0.507 e. The highest BCUT2D eigenvalue weighted by atomic mass is 32.2. The average molecular weight is 531 g/mol. The van der Waals surface area contributed by atoms with E-state index in [0.29, 0.717) is 52.2 Å². The van der Waals surface area contributed by atoms with E-state index >= 15 is 0 Å². The minimum absolute atomic E-state index is 0.154. The van der Waals surface area contributed by atoms with Crippen LogP contribution in [0.5, 0.6) is 17.2 Å². The number of methoxy groups -OCH3 is 2. The highest BCUT2D eigenvalue weighted by molar-refractivity contribution is 8.26. The number of nitrogens with zero attached hydrogens (tertiary/aromatic N) is 1. The number of carbonyl (C=O) groups excluding carboxylic acids is 2. The molecular formula is C25H26N2O7S2. The first-order valence-electron chi connectivity index (χ1n) is 11.1. The Bertz CT molecular complexity index is 1210. The molecule has 0 aromatic heterocycles. The number of thiocarbonyl (C=S) groups is 1. The van der Waals surface area contributed by atoms with Crippen molar-refractivity contribution in [3.05, 3.63) is 52.4 Å². The van der Waals surface area contributed by atoms with Crippen molar-refractivity contribution in [1.82, 2.24) is 4.90 Å². The first kappa shape index (κ1) is 27.0. The van der Waals surface area contributed by atoms with Crippen LogP contribution in [0.3, 0.4) is 0 Å². The van der Waals surface area contributed by atoms with Gasteiger partial charge in [0.1, 0.15) is 15.6 Å². The fourth-order valence-electron chi connectivity index (χ4n) is 3.53. The second kappa shape index (κ2) is 12.4. The highest BCUT2D eigenvalue weighted by Crippen LogP contribution is 2.35. The summed E-state index contributed by atoms with van der Waals surface area (Å²) in [6.07, 6.45) is 3.97. The molecule has 3 N–H and O–H groups in total. The number of anilines is 1. The number of aromatic hydroxyl groups is 1. The molecule has 0 bridgehead atoms. The summed E-state index contributed by atoms with van der Waals surface area (Å²) in [7, 11) is 3.11. The molecule has 0 spiro atoms. The van der Waals surface area contributed by atoms with E-state index < -0.39 is 5.97 Å². The zero-order chi connectivity index (χ0) is 26.2. The fourth-order valence-corrected chi connectivity index (χ4v) is 4.84. The van der Waals surface area contributed by atoms with Crippen LogP contribution in [0.15, 0.2) is 41.3 Å². The summed E-state index contributed by atoms with van der Waals surface area (Å²) in [6, 6.07) is 9.26. The number of rotatable bonds is 11. The maximum atomic E-state index is 12.8. The number of hydrogen-bond acceptors (Lipinski definition) is 8. The molecule has 11 heteroatoms. The Kier molecular flexibility index (Phi) is 9.31. The second-order valence-corrected chi connectivity index (χ2v) is 9.52. The largest absolute Gasteiger partial charge is 0.507 e. The normalized spacial score (nSPS) is 14.3. The number of hydrogen-bond donors (Lipinski definition) is 3. The molecule has 3 rings (SSSR count). The Morgan fingerprint density at radius 1 is 1.08 bits per heavy atom. The lowest BCUT2D eigenvalue weighted by Crippen LogP contribution is -2.29. The van der Waals surface area contributed by atoms with E-state index in [0.717, 1.165) is 5.56 Å². The predicted octanol–water partition coefficient (Wildman–Crippen LogP) is 4.51. The average Bonchev–Trinajstić information content (AvgIpc) is 3.11. The number of nitrogens with one attached hydrogen (secondary N) is 1. The number of thioether (sulfide) groups is 1. The van der Waals surface area contributed by atoms with Crippen molar-refractivity contribution in [2.24, 2.45) is 0 Å². The molecule has 0 aliphatic carbocycles. The van der Waals surface area contributed by atoms with Crippen molar-refractivity contribution < 1.29 is 34.1 Å². The van der Waals surface area contributed by atoms with Crippen LogP contribution in [0.4, 0.5) is 5.69 Å². The lowest BCUT2D eigenvalue weighted by atomic mass is 10.1. The second-order valence-electron chi connectivity index (χ2n) is 7.84. The van der Waals surface area contributed by atoms with Gasteiger partial charge in [-0.2, -0.15) is 0 Å². The van der Waals surface area contributed by atoms with E-state index in [-0.39, 0.29) is 29.5 Å². The standard InChI is InChI=1S/C25H26N2O7S2/c1-33-19-10-7-15(12-20(19)34-2)13-21-23(30)27(25(35)36-21)11-5-3-4-6-22(29)26-16-8-9-18(28)17(14-16)24(31)32/h7-10,12-14,28H,3-6,11H2,1-2H3,(H,26,29)(H,31,32)/b21-13-. The lowest BCUT2D eigenvalue weighted by molar-refractivity contribution is -0.122. The summed E-state index contributed by atoms with van der Waals surface area (Å²) in [6.45, 7) is 0.454. The molecule has 0 unspecified atom stereocenters. The van der Waals surface area contributed by atoms with Crippen molar-refractivity contribution in [1.29, 1.82) is 0 Å². The third-order valence-electron chi connectivity index (χ3n) is 5.38. The minimum atomic E-state index is -1.28. The Morgan fingerprint density at radius 3 is 2.53 bits per heavy atom. The molecule has 1 aliphatic rings. The van der Waals surface area contributed by atoms with E-state index in [1.165, 1.54) is 30.0 Å². The summed E-state index contributed by atoms with van der Waals surface area (Å²) < 4.78 is 11.0. The third kappa shape index (κ3) is 6.76. The molecule has 1 saturated heterocycles. The van der Waals surface area contributed by atoms with Crippen LogP contribution in [0.2, 0.25) is 0 Å². The van der Waals surface area contributed by atoms with Crippen LogP contribution in [-0.4, -0.2) is 58.0 Å². The molecular weight excluding hydrogens is 504 g/mol. The number of ether oxygens (including phenoxy) is 2. The van der Waals surface area contributed by atoms with Crippen molar-refractivity contribution in [3.8, 4) is 17.2 Å². The van der Waals surface area contributed by atoms with E-state index in [9.17, 15) is 19.5 Å². The molecule has 1 heterocycles. The Labute approximate surface area is 218 Å². The van der Waals surface area contributed by atoms with Crippen molar-refractivity contribution in [2.45, 2.75) is 25.7 Å². The number of phenols is 1. The number of carboxylic acids is 1. The Morgan fingerprint density at radius 2 is 1.83 bits per heavy atom. The maximum Gasteiger partial charge on any atom is 0.339 e. The van der Waals surface area contributed by atoms with Crippen LogP contribution in [-0.2, 0) is 9.59 Å². The summed E-state index contributed by atoms with van der Waals surface area (Å²) in [5.41, 5.74) is 0.814. The molecule has 190 valence electrons. The maximum absolute atomic E-state index is 12.8. The number of carbonyl (C=O) groups is 3. The zero-order valence-corrected chi connectivity index (χ0v) is 21.4. The van der Waals surface area contributed by atoms with E-state index in [2.05, 4.69) is 5.32 Å². The van der Waals surface area contributed by atoms with Gasteiger partial charge in [-0.3, -0.25) is 14.5 Å². The number of aromatic carboxylic acids is 1. The molecule has 36 heavy (non-hydrogen) atoms. The van der Waals surface area contributed by atoms with E-state index in [1.807, 2.05) is 6.07 Å². The molecule has 0 atom stereocenters. The van der Waals surface area contributed by atoms with Gasteiger partial charge in [0.05, 0.1) is 19.1 Å². The van der Waals surface area contributed by atoms with Gasteiger partial charge in [-0.25, -0.2) is 4.79 Å². The number of amides is 2. The monoisotopic (exact) mass is 530 g/mol. The number of benzene rings is 2. The molecule has 0 radical (unpaired) electrons. The highest BCUT2D eigenvalue weighted by Gasteiger charge is 2.31. The Hall–Kier alpha value is -3.57. The van der Waals surface area contributed by atoms with Gasteiger partial charge in [0, 0.05) is 18.7 Å². The quantitative estimate of drug-likeness (QED) is 0.167. The fraction of sp³-hybridized carbons (Fsp3) is 0.280. The van der Waals surface area contributed by atoms with Gasteiger partial charge < -0.3 is 25.0 Å². The van der Waals surface area contributed by atoms with Crippen LogP contribution in [0.25, 0.3) is 6.08 Å². The van der Waals surface area contributed by atoms with Gasteiger partial charge >= 0.3 is 5.97 Å². The number of unbranched alkanes of at least 4 members (excludes halogenated alkanes) is 2. The van der Waals surface area contributed by atoms with Gasteiger partial charge in [0.25, 0.3) is 5.91 Å². The summed E-state index contributed by atoms with van der Waals surface area (Å²) in [5, 5.41) is 21.2. The predicted molar refractivity (Wildman–Crippen MR) is 142 cm³/mol. The van der Waals surface area contributed by atoms with Crippen molar-refractivity contribution in [3.63, 3.8) is 0 Å². The van der Waals surface area contributed by atoms with Gasteiger partial charge in [-0.05, 0) is 54.8 Å². The third-order valence-corrected chi connectivity index (χ3v) is 6.75. The molecule has 1 aliphatic heterocycles. The van der Waals surface area contributed by atoms with Crippen LogP contribution in [0.1, 0.15) is 41.6 Å². The molecule has 2 amide bonds. The summed E-state index contributed by atoms with van der Waals surface area (Å²) in [5.74, 6) is -0.894. The van der Waals surface area contributed by atoms with E-state index in [1.54, 1.807) is 37.3 Å². The van der Waals surface area contributed by atoms with Crippen molar-refractivity contribution >= 4 is 57.8 Å². The van der Waals surface area contributed by atoms with Gasteiger partial charge in [0.2, 0.25) is 5.91 Å². The SMILES string of the molecule is COc1ccc(/C=C2\SC(=S)N(CCCCCC(=O)Nc3ccc(O)c(C(=O)O)c3)C2=O)cc1OC. The first-order valence-corrected chi connectivity index (χ1v) is 12.3. The first-order chi connectivity index (χ1) is 17.2. The van der Waals surface area contributed by atoms with Gasteiger partial charge in [-0.15, -0.1) is 0 Å². The molecule has 9 nitrogen and oxygen atoms in total. The number of carboxylic acid groups (broad SMARTS) is 1.